The molecule has 3 heterocycles. The number of carbonyl (C=O) groups excluding carboxylic acids is 2. The molecule has 6 N–H and O–H groups in total. The predicted molar refractivity (Wildman–Crippen MR) is 117 cm³/mol. The molecule has 1 aromatic carbocycles. The topological polar surface area (TPSA) is 175 Å². The van der Waals surface area contributed by atoms with Crippen LogP contribution in [0.5, 0.6) is 5.75 Å². The Kier molecular flexibility index (Phi) is 6.13. The normalized spacial score (nSPS) is 21.1. The number of carboxylic acid groups (broad SMARTS) is 1. The van der Waals surface area contributed by atoms with Gasteiger partial charge in [0.05, 0.1) is 0 Å². The van der Waals surface area contributed by atoms with Crippen molar-refractivity contribution < 1.29 is 24.6 Å². The molecular weight excluding hydrogens is 456 g/mol. The van der Waals surface area contributed by atoms with Crippen molar-refractivity contribution in [3.05, 3.63) is 46.9 Å². The van der Waals surface area contributed by atoms with Crippen LogP contribution in [0.4, 0.5) is 0 Å². The molecule has 0 radical (unpaired) electrons. The molecule has 1 fully saturated rings. The van der Waals surface area contributed by atoms with Crippen LogP contribution in [0.1, 0.15) is 17.4 Å². The zero-order valence-corrected chi connectivity index (χ0v) is 18.4. The average molecular weight is 477 g/mol. The highest BCUT2D eigenvalue weighted by molar-refractivity contribution is 8.01. The number of fused-ring (bicyclic) bond motifs is 1. The molecular formula is C19H20N6O5S2. The van der Waals surface area contributed by atoms with E-state index in [-0.39, 0.29) is 11.4 Å². The van der Waals surface area contributed by atoms with Gasteiger partial charge in [0, 0.05) is 11.5 Å². The third-order valence-electron chi connectivity index (χ3n) is 5.03. The number of benzene rings is 1. The molecule has 11 nitrogen and oxygen atoms in total. The van der Waals surface area contributed by atoms with E-state index >= 15 is 0 Å². The quantitative estimate of drug-likeness (QED) is 0.277. The third kappa shape index (κ3) is 4.18. The standard InChI is InChI=1S/C19H20N6O5S2/c1-8-21-19(24-23-8)32-7-10-6-31-17-13(16(28)25(17)14(10)18(29)30)22-15(27)12(20)9-2-4-11(26)5-3-9/h2-5,12-13,17,26H,6-7,20H2,1H3,(H,22,27)(H,29,30)(H,21,23,24)/t12?,13?,17-/m0/s1. The molecule has 0 spiro atoms. The van der Waals surface area contributed by atoms with Crippen LogP contribution in [-0.4, -0.2) is 71.0 Å². The zero-order valence-electron chi connectivity index (χ0n) is 16.8. The number of hydrogen-bond donors (Lipinski definition) is 5. The summed E-state index contributed by atoms with van der Waals surface area (Å²) >= 11 is 2.66. The fourth-order valence-corrected chi connectivity index (χ4v) is 5.74. The number of nitrogens with two attached hydrogens (primary N) is 1. The number of carboxylic acids is 1. The number of rotatable bonds is 7. The molecule has 2 amide bonds. The molecule has 0 bridgehead atoms. The second kappa shape index (κ2) is 8.84. The number of aryl methyl sites for hydroxylation is 1. The Labute approximate surface area is 190 Å². The number of aromatic nitrogens is 3. The van der Waals surface area contributed by atoms with Crippen LogP contribution in [0.25, 0.3) is 0 Å². The van der Waals surface area contributed by atoms with E-state index in [9.17, 15) is 24.6 Å². The van der Waals surface area contributed by atoms with E-state index < -0.39 is 35.2 Å². The van der Waals surface area contributed by atoms with Gasteiger partial charge in [0.1, 0.15) is 34.7 Å². The fraction of sp³-hybridized carbons (Fsp3) is 0.316. The monoisotopic (exact) mass is 476 g/mol. The van der Waals surface area contributed by atoms with Gasteiger partial charge in [-0.3, -0.25) is 19.6 Å². The number of nitrogens with zero attached hydrogens (tertiary/aromatic N) is 3. The van der Waals surface area contributed by atoms with E-state index in [2.05, 4.69) is 20.5 Å². The maximum absolute atomic E-state index is 12.8. The second-order valence-electron chi connectivity index (χ2n) is 7.21. The molecule has 2 aliphatic heterocycles. The summed E-state index contributed by atoms with van der Waals surface area (Å²) < 4.78 is 0. The predicted octanol–water partition coefficient (Wildman–Crippen LogP) is 0.349. The molecule has 32 heavy (non-hydrogen) atoms. The number of phenolic OH excluding ortho intramolecular Hbond substituents is 1. The van der Waals surface area contributed by atoms with Crippen LogP contribution >= 0.6 is 23.5 Å². The Morgan fingerprint density at radius 2 is 2.12 bits per heavy atom. The molecule has 2 unspecified atom stereocenters. The van der Waals surface area contributed by atoms with Gasteiger partial charge in [0.15, 0.2) is 0 Å². The van der Waals surface area contributed by atoms with Gasteiger partial charge in [-0.1, -0.05) is 23.9 Å². The van der Waals surface area contributed by atoms with Crippen molar-refractivity contribution in [2.75, 3.05) is 11.5 Å². The maximum Gasteiger partial charge on any atom is 0.352 e. The molecule has 168 valence electrons. The second-order valence-corrected chi connectivity index (χ2v) is 9.26. The first kappa shape index (κ1) is 22.2. The molecule has 3 atom stereocenters. The van der Waals surface area contributed by atoms with Crippen molar-refractivity contribution in [3.63, 3.8) is 0 Å². The lowest BCUT2D eigenvalue weighted by atomic mass is 10.0. The SMILES string of the molecule is Cc1nc(SCC2=C(C(=O)O)N3C(=O)C(NC(=O)C(N)c4ccc(O)cc4)[C@@H]3SC2)n[nH]1. The number of H-pyrrole nitrogens is 1. The summed E-state index contributed by atoms with van der Waals surface area (Å²) in [6.07, 6.45) is 0. The van der Waals surface area contributed by atoms with E-state index in [4.69, 9.17) is 5.73 Å². The Morgan fingerprint density at radius 1 is 1.41 bits per heavy atom. The fourth-order valence-electron chi connectivity index (χ4n) is 3.41. The first-order valence-corrected chi connectivity index (χ1v) is 11.6. The number of aliphatic carboxylic acids is 1. The van der Waals surface area contributed by atoms with Crippen LogP contribution in [0, 0.1) is 6.92 Å². The van der Waals surface area contributed by atoms with Gasteiger partial charge >= 0.3 is 5.97 Å². The Bertz CT molecular complexity index is 1100. The summed E-state index contributed by atoms with van der Waals surface area (Å²) in [5, 5.41) is 28.5. The Morgan fingerprint density at radius 3 is 2.75 bits per heavy atom. The number of β-lactam (4-membered cyclic amide) rings is 1. The first-order valence-electron chi connectivity index (χ1n) is 9.53. The number of nitrogens with one attached hydrogen (secondary N) is 2. The van der Waals surface area contributed by atoms with Gasteiger partial charge < -0.3 is 21.3 Å². The van der Waals surface area contributed by atoms with Crippen molar-refractivity contribution in [1.29, 1.82) is 0 Å². The molecule has 0 aliphatic carbocycles. The van der Waals surface area contributed by atoms with Crippen molar-refractivity contribution in [2.24, 2.45) is 5.73 Å². The Hall–Kier alpha value is -3.03. The summed E-state index contributed by atoms with van der Waals surface area (Å²) in [7, 11) is 0. The number of carbonyl (C=O) groups is 3. The van der Waals surface area contributed by atoms with Gasteiger partial charge in [0.25, 0.3) is 5.91 Å². The number of phenols is 1. The summed E-state index contributed by atoms with van der Waals surface area (Å²) in [6, 6.07) is 3.98. The van der Waals surface area contributed by atoms with Gasteiger partial charge in [-0.05, 0) is 30.2 Å². The molecule has 13 heteroatoms. The van der Waals surface area contributed by atoms with Gasteiger partial charge in [-0.15, -0.1) is 16.9 Å². The largest absolute Gasteiger partial charge is 0.508 e. The summed E-state index contributed by atoms with van der Waals surface area (Å²) in [6.45, 7) is 1.76. The molecule has 0 saturated carbocycles. The van der Waals surface area contributed by atoms with Crippen molar-refractivity contribution >= 4 is 41.3 Å². The zero-order chi connectivity index (χ0) is 23.0. The lowest BCUT2D eigenvalue weighted by Crippen LogP contribution is -2.71. The van der Waals surface area contributed by atoms with Crippen LogP contribution in [-0.2, 0) is 14.4 Å². The van der Waals surface area contributed by atoms with Gasteiger partial charge in [0.2, 0.25) is 11.1 Å². The van der Waals surface area contributed by atoms with Crippen LogP contribution < -0.4 is 11.1 Å². The first-order chi connectivity index (χ1) is 15.3. The lowest BCUT2D eigenvalue weighted by molar-refractivity contribution is -0.150. The van der Waals surface area contributed by atoms with Crippen LogP contribution in [0.3, 0.4) is 0 Å². The summed E-state index contributed by atoms with van der Waals surface area (Å²) in [5.41, 5.74) is 6.98. The molecule has 2 aliphatic rings. The van der Waals surface area contributed by atoms with Gasteiger partial charge in [-0.25, -0.2) is 9.78 Å². The number of thioether (sulfide) groups is 2. The summed E-state index contributed by atoms with van der Waals surface area (Å²) in [5.74, 6) is -0.840. The van der Waals surface area contributed by atoms with E-state index in [0.717, 1.165) is 0 Å². The smallest absolute Gasteiger partial charge is 0.352 e. The highest BCUT2D eigenvalue weighted by atomic mass is 32.2. The van der Waals surface area contributed by atoms with E-state index in [1.807, 2.05) is 0 Å². The molecule has 2 aromatic rings. The highest BCUT2D eigenvalue weighted by Crippen LogP contribution is 2.41. The van der Waals surface area contributed by atoms with Crippen LogP contribution in [0.15, 0.2) is 40.7 Å². The minimum Gasteiger partial charge on any atom is -0.508 e. The lowest BCUT2D eigenvalue weighted by Gasteiger charge is -2.49. The van der Waals surface area contributed by atoms with Crippen molar-refractivity contribution in [1.82, 2.24) is 25.4 Å². The molecule has 1 aromatic heterocycles. The third-order valence-corrected chi connectivity index (χ3v) is 7.31. The van der Waals surface area contributed by atoms with Crippen LogP contribution in [0.2, 0.25) is 0 Å². The van der Waals surface area contributed by atoms with E-state index in [1.165, 1.54) is 52.7 Å². The van der Waals surface area contributed by atoms with E-state index in [0.29, 0.717) is 33.6 Å². The number of hydrogen-bond acceptors (Lipinski definition) is 9. The van der Waals surface area contributed by atoms with Crippen molar-refractivity contribution in [2.45, 2.75) is 29.5 Å². The van der Waals surface area contributed by atoms with Gasteiger partial charge in [-0.2, -0.15) is 0 Å². The number of aromatic hydroxyl groups is 1. The molecule has 1 saturated heterocycles. The Balaban J connectivity index is 1.45. The maximum atomic E-state index is 12.8. The van der Waals surface area contributed by atoms with Crippen molar-refractivity contribution in [3.8, 4) is 5.75 Å². The minimum atomic E-state index is -1.20. The minimum absolute atomic E-state index is 0.0462. The highest BCUT2D eigenvalue weighted by Gasteiger charge is 2.54. The van der Waals surface area contributed by atoms with E-state index in [1.54, 1.807) is 6.92 Å². The number of aromatic amines is 1. The average Bonchev–Trinajstić information content (AvgIpc) is 3.20. The number of amides is 2. The summed E-state index contributed by atoms with van der Waals surface area (Å²) in [4.78, 5) is 42.7. The molecule has 4 rings (SSSR count).